The van der Waals surface area contributed by atoms with Crippen molar-refractivity contribution in [2.45, 2.75) is 51.7 Å². The molecular formula is C18H29NO2. The highest BCUT2D eigenvalue weighted by molar-refractivity contribution is 5.28. The zero-order chi connectivity index (χ0) is 15.3. The Balaban J connectivity index is 2.00. The zero-order valence-electron chi connectivity index (χ0n) is 13.6. The summed E-state index contributed by atoms with van der Waals surface area (Å²) >= 11 is 0. The number of aliphatic hydroxyl groups is 1. The number of nitrogens with one attached hydrogen (secondary N) is 1. The minimum atomic E-state index is -0.400. The van der Waals surface area contributed by atoms with Gasteiger partial charge in [0.2, 0.25) is 0 Å². The van der Waals surface area contributed by atoms with Gasteiger partial charge in [0.25, 0.3) is 0 Å². The minimum absolute atomic E-state index is 0.0866. The topological polar surface area (TPSA) is 41.5 Å². The lowest BCUT2D eigenvalue weighted by Gasteiger charge is -2.31. The molecule has 1 aromatic rings. The molecule has 0 saturated carbocycles. The van der Waals surface area contributed by atoms with Gasteiger partial charge in [0.05, 0.1) is 18.2 Å². The molecule has 0 amide bonds. The van der Waals surface area contributed by atoms with Crippen molar-refractivity contribution in [2.75, 3.05) is 19.8 Å². The fourth-order valence-electron chi connectivity index (χ4n) is 2.87. The van der Waals surface area contributed by atoms with Gasteiger partial charge < -0.3 is 15.2 Å². The van der Waals surface area contributed by atoms with Crippen LogP contribution >= 0.6 is 0 Å². The molecule has 3 heteroatoms. The SMILES string of the molecule is CC(C)Cc1ccc(C(C)(CO)NCC2CCCO2)cc1. The smallest absolute Gasteiger partial charge is 0.0700 e. The van der Waals surface area contributed by atoms with E-state index in [9.17, 15) is 5.11 Å². The van der Waals surface area contributed by atoms with Crippen LogP contribution in [0.25, 0.3) is 0 Å². The van der Waals surface area contributed by atoms with Crippen LogP contribution in [-0.2, 0) is 16.7 Å². The normalized spacial score (nSPS) is 21.7. The van der Waals surface area contributed by atoms with Crippen molar-refractivity contribution >= 4 is 0 Å². The Morgan fingerprint density at radius 3 is 2.57 bits per heavy atom. The maximum absolute atomic E-state index is 9.82. The van der Waals surface area contributed by atoms with Gasteiger partial charge in [0.1, 0.15) is 0 Å². The Labute approximate surface area is 128 Å². The first kappa shape index (κ1) is 16.5. The second kappa shape index (κ2) is 7.39. The van der Waals surface area contributed by atoms with Crippen LogP contribution in [0.15, 0.2) is 24.3 Å². The van der Waals surface area contributed by atoms with Gasteiger partial charge in [0, 0.05) is 13.2 Å². The molecule has 1 heterocycles. The molecule has 0 aliphatic carbocycles. The van der Waals surface area contributed by atoms with E-state index < -0.39 is 5.54 Å². The number of rotatable bonds is 7. The quantitative estimate of drug-likeness (QED) is 0.811. The summed E-state index contributed by atoms with van der Waals surface area (Å²) in [5.41, 5.74) is 2.09. The van der Waals surface area contributed by atoms with Crippen molar-refractivity contribution in [1.29, 1.82) is 0 Å². The Hall–Kier alpha value is -0.900. The molecule has 1 aliphatic rings. The average molecular weight is 291 g/mol. The van der Waals surface area contributed by atoms with Crippen LogP contribution < -0.4 is 5.32 Å². The highest BCUT2D eigenvalue weighted by atomic mass is 16.5. The summed E-state index contributed by atoms with van der Waals surface area (Å²) in [5.74, 6) is 0.665. The van der Waals surface area contributed by atoms with Crippen LogP contribution in [0, 0.1) is 5.92 Å². The van der Waals surface area contributed by atoms with Gasteiger partial charge in [-0.1, -0.05) is 38.1 Å². The summed E-state index contributed by atoms with van der Waals surface area (Å²) in [4.78, 5) is 0. The molecule has 0 spiro atoms. The molecule has 0 radical (unpaired) electrons. The molecule has 2 rings (SSSR count). The number of hydrogen-bond acceptors (Lipinski definition) is 3. The van der Waals surface area contributed by atoms with Crippen molar-refractivity contribution in [3.05, 3.63) is 35.4 Å². The lowest BCUT2D eigenvalue weighted by Crippen LogP contribution is -2.46. The van der Waals surface area contributed by atoms with E-state index >= 15 is 0 Å². The van der Waals surface area contributed by atoms with Crippen LogP contribution in [0.1, 0.15) is 44.7 Å². The van der Waals surface area contributed by atoms with Crippen molar-refractivity contribution in [3.8, 4) is 0 Å². The van der Waals surface area contributed by atoms with Gasteiger partial charge in [0.15, 0.2) is 0 Å². The maximum atomic E-state index is 9.82. The Morgan fingerprint density at radius 2 is 2.05 bits per heavy atom. The Morgan fingerprint density at radius 1 is 1.33 bits per heavy atom. The summed E-state index contributed by atoms with van der Waals surface area (Å²) in [6.45, 7) is 8.27. The van der Waals surface area contributed by atoms with Crippen molar-refractivity contribution < 1.29 is 9.84 Å². The van der Waals surface area contributed by atoms with Gasteiger partial charge in [-0.2, -0.15) is 0 Å². The fraction of sp³-hybridized carbons (Fsp3) is 0.667. The lowest BCUT2D eigenvalue weighted by molar-refractivity contribution is 0.0910. The fourth-order valence-corrected chi connectivity index (χ4v) is 2.87. The van der Waals surface area contributed by atoms with E-state index in [2.05, 4.69) is 50.4 Å². The predicted octanol–water partition coefficient (Wildman–Crippen LogP) is 2.86. The summed E-state index contributed by atoms with van der Waals surface area (Å²) in [6, 6.07) is 8.63. The van der Waals surface area contributed by atoms with Crippen molar-refractivity contribution in [1.82, 2.24) is 5.32 Å². The van der Waals surface area contributed by atoms with E-state index in [4.69, 9.17) is 4.74 Å². The van der Waals surface area contributed by atoms with Crippen LogP contribution in [-0.4, -0.2) is 31.0 Å². The standard InChI is InChI=1S/C18H29NO2/c1-14(2)11-15-6-8-16(9-7-15)18(3,13-20)19-12-17-5-4-10-21-17/h6-9,14,17,19-20H,4-5,10-13H2,1-3H3. The third kappa shape index (κ3) is 4.53. The van der Waals surface area contributed by atoms with Crippen LogP contribution in [0.5, 0.6) is 0 Å². The number of benzene rings is 1. The summed E-state index contributed by atoms with van der Waals surface area (Å²) in [5, 5.41) is 13.3. The summed E-state index contributed by atoms with van der Waals surface area (Å²) < 4.78 is 5.65. The Kier molecular flexibility index (Phi) is 5.80. The second-order valence-corrected chi connectivity index (χ2v) is 6.80. The third-order valence-corrected chi connectivity index (χ3v) is 4.30. The molecule has 0 bridgehead atoms. The number of aliphatic hydroxyl groups excluding tert-OH is 1. The summed E-state index contributed by atoms with van der Waals surface area (Å²) in [6.07, 6.45) is 3.64. The van der Waals surface area contributed by atoms with Crippen molar-refractivity contribution in [2.24, 2.45) is 5.92 Å². The molecule has 1 fully saturated rings. The van der Waals surface area contributed by atoms with E-state index in [0.29, 0.717) is 5.92 Å². The first-order valence-corrected chi connectivity index (χ1v) is 8.10. The molecule has 3 nitrogen and oxygen atoms in total. The molecule has 0 aromatic heterocycles. The van der Waals surface area contributed by atoms with Crippen LogP contribution in [0.3, 0.4) is 0 Å². The highest BCUT2D eigenvalue weighted by Crippen LogP contribution is 2.22. The first-order valence-electron chi connectivity index (χ1n) is 8.10. The van der Waals surface area contributed by atoms with Crippen LogP contribution in [0.4, 0.5) is 0 Å². The third-order valence-electron chi connectivity index (χ3n) is 4.30. The Bertz CT molecular complexity index is 423. The molecule has 118 valence electrons. The molecule has 2 unspecified atom stereocenters. The number of ether oxygens (including phenoxy) is 1. The second-order valence-electron chi connectivity index (χ2n) is 6.80. The van der Waals surface area contributed by atoms with Gasteiger partial charge in [-0.3, -0.25) is 0 Å². The summed E-state index contributed by atoms with van der Waals surface area (Å²) in [7, 11) is 0. The van der Waals surface area contributed by atoms with Crippen LogP contribution in [0.2, 0.25) is 0 Å². The van der Waals surface area contributed by atoms with E-state index in [1.165, 1.54) is 5.56 Å². The molecule has 1 aliphatic heterocycles. The average Bonchev–Trinajstić information content (AvgIpc) is 2.98. The molecule has 2 N–H and O–H groups in total. The molecule has 21 heavy (non-hydrogen) atoms. The lowest BCUT2D eigenvalue weighted by atomic mass is 9.90. The zero-order valence-corrected chi connectivity index (χ0v) is 13.6. The minimum Gasteiger partial charge on any atom is -0.394 e. The monoisotopic (exact) mass is 291 g/mol. The van der Waals surface area contributed by atoms with E-state index in [-0.39, 0.29) is 12.7 Å². The van der Waals surface area contributed by atoms with Gasteiger partial charge in [-0.25, -0.2) is 0 Å². The largest absolute Gasteiger partial charge is 0.394 e. The van der Waals surface area contributed by atoms with E-state index in [1.54, 1.807) is 0 Å². The van der Waals surface area contributed by atoms with E-state index in [1.807, 2.05) is 0 Å². The van der Waals surface area contributed by atoms with Gasteiger partial charge in [-0.05, 0) is 43.2 Å². The number of hydrogen-bond donors (Lipinski definition) is 2. The predicted molar refractivity (Wildman–Crippen MR) is 86.4 cm³/mol. The van der Waals surface area contributed by atoms with E-state index in [0.717, 1.165) is 38.0 Å². The molecule has 1 aromatic carbocycles. The molecule has 1 saturated heterocycles. The first-order chi connectivity index (χ1) is 10.0. The highest BCUT2D eigenvalue weighted by Gasteiger charge is 2.27. The van der Waals surface area contributed by atoms with Gasteiger partial charge >= 0.3 is 0 Å². The maximum Gasteiger partial charge on any atom is 0.0700 e. The van der Waals surface area contributed by atoms with Gasteiger partial charge in [-0.15, -0.1) is 0 Å². The van der Waals surface area contributed by atoms with Crippen molar-refractivity contribution in [3.63, 3.8) is 0 Å². The molecular weight excluding hydrogens is 262 g/mol. The molecule has 2 atom stereocenters.